The molecule has 0 aliphatic carbocycles. The molecular formula is C11H19ClKNO3. The molecule has 6 heteroatoms. The van der Waals surface area contributed by atoms with Crippen molar-refractivity contribution in [3.05, 3.63) is 23.5 Å². The number of nitrogens with zero attached hydrogens (tertiary/aromatic N) is 1. The van der Waals surface area contributed by atoms with Crippen molar-refractivity contribution in [2.45, 2.75) is 19.2 Å². The summed E-state index contributed by atoms with van der Waals surface area (Å²) in [6.07, 6.45) is 2.60. The standard InChI is InChI=1S/C11H16ClNO2.K.H2O.H/c1-9-10(8-12)13-5-4-11(9)15-7-3-6-14-2;;;/h4-5H,3,6-8H2,1-2H3;;1H2;/q;+1;;-1. The van der Waals surface area contributed by atoms with E-state index >= 15 is 0 Å². The van der Waals surface area contributed by atoms with Crippen molar-refractivity contribution in [3.8, 4) is 5.75 Å². The molecule has 0 aromatic carbocycles. The van der Waals surface area contributed by atoms with E-state index in [1.54, 1.807) is 13.3 Å². The summed E-state index contributed by atoms with van der Waals surface area (Å²) in [6.45, 7) is 3.34. The largest absolute Gasteiger partial charge is 1.00 e. The summed E-state index contributed by atoms with van der Waals surface area (Å²) in [5.41, 5.74) is 1.89. The Balaban J connectivity index is -0.000000750. The van der Waals surface area contributed by atoms with Crippen LogP contribution >= 0.6 is 11.6 Å². The van der Waals surface area contributed by atoms with Gasteiger partial charge in [-0.25, -0.2) is 0 Å². The summed E-state index contributed by atoms with van der Waals surface area (Å²) < 4.78 is 10.5. The van der Waals surface area contributed by atoms with E-state index in [4.69, 9.17) is 21.1 Å². The normalized spacial score (nSPS) is 9.12. The third-order valence-corrected chi connectivity index (χ3v) is 2.39. The topological polar surface area (TPSA) is 62.9 Å². The summed E-state index contributed by atoms with van der Waals surface area (Å²) in [7, 11) is 1.68. The summed E-state index contributed by atoms with van der Waals surface area (Å²) in [5, 5.41) is 0. The van der Waals surface area contributed by atoms with E-state index in [9.17, 15) is 0 Å². The van der Waals surface area contributed by atoms with E-state index < -0.39 is 0 Å². The molecule has 0 saturated heterocycles. The smallest absolute Gasteiger partial charge is 1.00 e. The van der Waals surface area contributed by atoms with Crippen LogP contribution in [0.3, 0.4) is 0 Å². The van der Waals surface area contributed by atoms with E-state index in [0.717, 1.165) is 23.4 Å². The minimum Gasteiger partial charge on any atom is -1.00 e. The molecule has 1 aromatic rings. The van der Waals surface area contributed by atoms with E-state index in [1.807, 2.05) is 13.0 Å². The maximum atomic E-state index is 5.75. The maximum Gasteiger partial charge on any atom is 1.00 e. The van der Waals surface area contributed by atoms with Gasteiger partial charge in [0.25, 0.3) is 0 Å². The van der Waals surface area contributed by atoms with Crippen molar-refractivity contribution >= 4 is 11.6 Å². The van der Waals surface area contributed by atoms with Crippen LogP contribution in [0.1, 0.15) is 19.1 Å². The van der Waals surface area contributed by atoms with Gasteiger partial charge in [-0.05, 0) is 13.0 Å². The van der Waals surface area contributed by atoms with Gasteiger partial charge >= 0.3 is 51.4 Å². The van der Waals surface area contributed by atoms with Crippen LogP contribution in [0.4, 0.5) is 0 Å². The molecule has 17 heavy (non-hydrogen) atoms. The molecule has 0 radical (unpaired) electrons. The number of ether oxygens (including phenoxy) is 2. The Kier molecular flexibility index (Phi) is 14.0. The molecule has 0 fully saturated rings. The third kappa shape index (κ3) is 7.08. The second-order valence-corrected chi connectivity index (χ2v) is 3.48. The molecule has 0 aliphatic rings. The quantitative estimate of drug-likeness (QED) is 0.377. The molecule has 0 aliphatic heterocycles. The van der Waals surface area contributed by atoms with Crippen molar-refractivity contribution in [3.63, 3.8) is 0 Å². The van der Waals surface area contributed by atoms with Crippen molar-refractivity contribution in [1.29, 1.82) is 0 Å². The van der Waals surface area contributed by atoms with Crippen LogP contribution in [-0.4, -0.2) is 30.8 Å². The third-order valence-electron chi connectivity index (χ3n) is 2.14. The molecule has 0 saturated carbocycles. The molecule has 0 spiro atoms. The summed E-state index contributed by atoms with van der Waals surface area (Å²) in [6, 6.07) is 1.86. The van der Waals surface area contributed by atoms with Crippen molar-refractivity contribution < 1.29 is 67.8 Å². The van der Waals surface area contributed by atoms with Gasteiger partial charge < -0.3 is 16.4 Å². The zero-order chi connectivity index (χ0) is 11.1. The van der Waals surface area contributed by atoms with Gasteiger partial charge in [0.05, 0.1) is 18.2 Å². The van der Waals surface area contributed by atoms with Gasteiger partial charge in [0, 0.05) is 31.9 Å². The average Bonchev–Trinajstić information content (AvgIpc) is 2.26. The number of alkyl halides is 1. The second-order valence-electron chi connectivity index (χ2n) is 3.21. The van der Waals surface area contributed by atoms with E-state index in [-0.39, 0.29) is 58.3 Å². The number of hydrogen-bond donors (Lipinski definition) is 0. The Hall–Kier alpha value is 0.796. The van der Waals surface area contributed by atoms with Crippen molar-refractivity contribution in [1.82, 2.24) is 4.98 Å². The maximum absolute atomic E-state index is 5.75. The SMILES string of the molecule is COCCCOc1ccnc(CCl)c1C.O.[H-].[K+]. The first kappa shape index (κ1) is 20.1. The fourth-order valence-corrected chi connectivity index (χ4v) is 1.50. The molecule has 0 bridgehead atoms. The van der Waals surface area contributed by atoms with Crippen LogP contribution in [0.2, 0.25) is 0 Å². The predicted molar refractivity (Wildman–Crippen MR) is 65.2 cm³/mol. The fraction of sp³-hybridized carbons (Fsp3) is 0.545. The molecule has 0 atom stereocenters. The molecule has 1 heterocycles. The van der Waals surface area contributed by atoms with Crippen LogP contribution in [-0.2, 0) is 10.6 Å². The molecule has 2 N–H and O–H groups in total. The zero-order valence-corrected chi connectivity index (χ0v) is 14.5. The van der Waals surface area contributed by atoms with Gasteiger partial charge in [0.1, 0.15) is 5.75 Å². The summed E-state index contributed by atoms with van der Waals surface area (Å²) in [4.78, 5) is 4.17. The van der Waals surface area contributed by atoms with Gasteiger partial charge in [-0.15, -0.1) is 11.6 Å². The van der Waals surface area contributed by atoms with Crippen molar-refractivity contribution in [2.24, 2.45) is 0 Å². The first-order valence-electron chi connectivity index (χ1n) is 4.91. The van der Waals surface area contributed by atoms with E-state index in [0.29, 0.717) is 19.1 Å². The van der Waals surface area contributed by atoms with Gasteiger partial charge in [-0.3, -0.25) is 4.98 Å². The number of pyridine rings is 1. The fourth-order valence-electron chi connectivity index (χ4n) is 1.24. The van der Waals surface area contributed by atoms with Crippen LogP contribution in [0, 0.1) is 6.92 Å². The van der Waals surface area contributed by atoms with E-state index in [1.165, 1.54) is 0 Å². The molecule has 4 nitrogen and oxygen atoms in total. The first-order valence-corrected chi connectivity index (χ1v) is 5.45. The number of hydrogen-bond acceptors (Lipinski definition) is 3. The van der Waals surface area contributed by atoms with Crippen LogP contribution in [0.5, 0.6) is 5.75 Å². The Bertz CT molecular complexity index is 318. The Labute approximate surface area is 151 Å². The van der Waals surface area contributed by atoms with Crippen LogP contribution in [0.25, 0.3) is 0 Å². The Morgan fingerprint density at radius 1 is 1.41 bits per heavy atom. The van der Waals surface area contributed by atoms with Gasteiger partial charge in [-0.1, -0.05) is 0 Å². The predicted octanol–water partition coefficient (Wildman–Crippen LogP) is -1.16. The molecule has 1 aromatic heterocycles. The van der Waals surface area contributed by atoms with Gasteiger partial charge in [0.2, 0.25) is 0 Å². The number of methoxy groups -OCH3 is 1. The molecule has 94 valence electrons. The minimum atomic E-state index is 0. The van der Waals surface area contributed by atoms with Crippen molar-refractivity contribution in [2.75, 3.05) is 20.3 Å². The summed E-state index contributed by atoms with van der Waals surface area (Å²) in [5.74, 6) is 1.28. The van der Waals surface area contributed by atoms with Gasteiger partial charge in [0.15, 0.2) is 0 Å². The Morgan fingerprint density at radius 2 is 2.12 bits per heavy atom. The molecule has 0 amide bonds. The van der Waals surface area contributed by atoms with Crippen LogP contribution < -0.4 is 56.1 Å². The van der Waals surface area contributed by atoms with Gasteiger partial charge in [-0.2, -0.15) is 0 Å². The second kappa shape index (κ2) is 11.9. The molecule has 1 rings (SSSR count). The zero-order valence-electron chi connectivity index (χ0n) is 11.6. The molecule has 0 unspecified atom stereocenters. The number of rotatable bonds is 6. The number of halogens is 1. The number of aromatic nitrogens is 1. The van der Waals surface area contributed by atoms with E-state index in [2.05, 4.69) is 4.98 Å². The minimum absolute atomic E-state index is 0. The molecular weight excluding hydrogens is 269 g/mol. The van der Waals surface area contributed by atoms with Crippen LogP contribution in [0.15, 0.2) is 12.3 Å². The Morgan fingerprint density at radius 3 is 2.71 bits per heavy atom. The first-order chi connectivity index (χ1) is 7.29. The summed E-state index contributed by atoms with van der Waals surface area (Å²) >= 11 is 5.75. The monoisotopic (exact) mass is 287 g/mol. The average molecular weight is 288 g/mol.